The summed E-state index contributed by atoms with van der Waals surface area (Å²) < 4.78 is 43.3. The lowest BCUT2D eigenvalue weighted by Crippen LogP contribution is -2.41. The molecule has 3 aromatic rings. The summed E-state index contributed by atoms with van der Waals surface area (Å²) in [6.45, 7) is 1.99. The van der Waals surface area contributed by atoms with Crippen molar-refractivity contribution in [3.05, 3.63) is 59.5 Å². The number of halogens is 3. The van der Waals surface area contributed by atoms with Crippen molar-refractivity contribution in [1.29, 1.82) is 0 Å². The van der Waals surface area contributed by atoms with E-state index in [1.807, 2.05) is 12.1 Å². The summed E-state index contributed by atoms with van der Waals surface area (Å²) in [5.41, 5.74) is 2.60. The lowest BCUT2D eigenvalue weighted by atomic mass is 9.91. The molecule has 0 bridgehead atoms. The zero-order valence-electron chi connectivity index (χ0n) is 18.7. The number of carbonyl (C=O) groups is 2. The zero-order chi connectivity index (χ0) is 24.6. The van der Waals surface area contributed by atoms with Crippen LogP contribution in [0.3, 0.4) is 0 Å². The molecule has 1 aliphatic heterocycles. The van der Waals surface area contributed by atoms with E-state index in [1.165, 1.54) is 49.3 Å². The van der Waals surface area contributed by atoms with Crippen molar-refractivity contribution in [1.82, 2.24) is 14.8 Å². The van der Waals surface area contributed by atoms with Gasteiger partial charge in [-0.05, 0) is 61.1 Å². The van der Waals surface area contributed by atoms with Crippen LogP contribution in [-0.2, 0) is 17.6 Å². The molecule has 0 saturated heterocycles. The number of nitrogens with one attached hydrogen (secondary N) is 1. The third-order valence-electron chi connectivity index (χ3n) is 6.48. The maximum Gasteiger partial charge on any atom is 0.493 e. The topological polar surface area (TPSA) is 89.6 Å². The molecule has 0 radical (unpaired) electrons. The standard InChI is InChI=1S/C24H23F3N4O4/c25-24(26,27)23(33)35-31-20(21-5-2-12-34-21)14-19(29-31)22(32)28-17-7-6-15-8-10-30(18-3-1-4-18)11-9-16(15)13-17/h2,5-7,12-14,18H,1,3-4,8-11H2,(H,28,32). The summed E-state index contributed by atoms with van der Waals surface area (Å²) in [6, 6.07) is 10.5. The highest BCUT2D eigenvalue weighted by Crippen LogP contribution is 2.28. The molecular weight excluding hydrogens is 465 g/mol. The molecule has 0 unspecified atom stereocenters. The molecule has 1 fully saturated rings. The fraction of sp³-hybridized carbons (Fsp3) is 0.375. The second-order valence-corrected chi connectivity index (χ2v) is 8.70. The van der Waals surface area contributed by atoms with Crippen LogP contribution in [0.5, 0.6) is 0 Å². The Balaban J connectivity index is 1.33. The lowest BCUT2D eigenvalue weighted by Gasteiger charge is -2.36. The number of hydrogen-bond acceptors (Lipinski definition) is 6. The van der Waals surface area contributed by atoms with E-state index >= 15 is 0 Å². The summed E-state index contributed by atoms with van der Waals surface area (Å²) in [5, 5.41) is 6.49. The number of carbonyl (C=O) groups excluding carboxylic acids is 2. The second-order valence-electron chi connectivity index (χ2n) is 8.70. The SMILES string of the molecule is O=C(Nc1ccc2c(c1)CCN(C1CCC1)CC2)c1cc(-c2ccco2)n(OC(=O)C(F)(F)F)n1. The summed E-state index contributed by atoms with van der Waals surface area (Å²) in [5.74, 6) is -3.06. The number of fused-ring (bicyclic) bond motifs is 1. The first-order valence-corrected chi connectivity index (χ1v) is 11.4. The summed E-state index contributed by atoms with van der Waals surface area (Å²) >= 11 is 0. The average molecular weight is 488 g/mol. The third-order valence-corrected chi connectivity index (χ3v) is 6.48. The van der Waals surface area contributed by atoms with Crippen molar-refractivity contribution in [3.63, 3.8) is 0 Å². The Morgan fingerprint density at radius 3 is 2.51 bits per heavy atom. The molecule has 1 N–H and O–H groups in total. The molecule has 2 aromatic heterocycles. The van der Waals surface area contributed by atoms with Gasteiger partial charge in [-0.3, -0.25) is 9.69 Å². The van der Waals surface area contributed by atoms with E-state index in [4.69, 9.17) is 4.42 Å². The number of anilines is 1. The highest BCUT2D eigenvalue weighted by atomic mass is 19.4. The minimum atomic E-state index is -5.23. The van der Waals surface area contributed by atoms with Crippen molar-refractivity contribution in [2.75, 3.05) is 18.4 Å². The molecule has 5 rings (SSSR count). The van der Waals surface area contributed by atoms with Crippen LogP contribution in [0.15, 0.2) is 47.1 Å². The first kappa shape index (κ1) is 23.2. The van der Waals surface area contributed by atoms with Crippen LogP contribution in [0.25, 0.3) is 11.5 Å². The molecule has 1 amide bonds. The minimum Gasteiger partial charge on any atom is -0.463 e. The predicted octanol–water partition coefficient (Wildman–Crippen LogP) is 3.87. The highest BCUT2D eigenvalue weighted by Gasteiger charge is 2.42. The molecule has 0 atom stereocenters. The van der Waals surface area contributed by atoms with Gasteiger partial charge in [0.1, 0.15) is 5.69 Å². The fourth-order valence-electron chi connectivity index (χ4n) is 4.40. The number of alkyl halides is 3. The third kappa shape index (κ3) is 4.95. The number of amides is 1. The Hall–Kier alpha value is -3.60. The van der Waals surface area contributed by atoms with Crippen molar-refractivity contribution in [2.45, 2.75) is 44.3 Å². The Kier molecular flexibility index (Phi) is 6.10. The number of furan rings is 1. The molecule has 8 nitrogen and oxygen atoms in total. The number of hydrogen-bond donors (Lipinski definition) is 1. The Morgan fingerprint density at radius 1 is 1.09 bits per heavy atom. The van der Waals surface area contributed by atoms with Gasteiger partial charge < -0.3 is 14.6 Å². The zero-order valence-corrected chi connectivity index (χ0v) is 18.7. The van der Waals surface area contributed by atoms with E-state index in [0.717, 1.165) is 31.5 Å². The predicted molar refractivity (Wildman–Crippen MR) is 119 cm³/mol. The molecule has 3 heterocycles. The first-order valence-electron chi connectivity index (χ1n) is 11.4. The molecule has 2 aliphatic rings. The van der Waals surface area contributed by atoms with Gasteiger partial charge in [0.15, 0.2) is 11.5 Å². The minimum absolute atomic E-state index is 0.0765. The maximum absolute atomic E-state index is 12.9. The first-order chi connectivity index (χ1) is 16.8. The van der Waals surface area contributed by atoms with Crippen LogP contribution in [0, 0.1) is 0 Å². The van der Waals surface area contributed by atoms with Gasteiger partial charge in [0.25, 0.3) is 5.91 Å². The largest absolute Gasteiger partial charge is 0.493 e. The summed E-state index contributed by atoms with van der Waals surface area (Å²) in [4.78, 5) is 31.4. The quantitative estimate of drug-likeness (QED) is 0.587. The Bertz CT molecular complexity index is 1230. The van der Waals surface area contributed by atoms with Crippen LogP contribution in [0.2, 0.25) is 0 Å². The Morgan fingerprint density at radius 2 is 1.86 bits per heavy atom. The van der Waals surface area contributed by atoms with Crippen LogP contribution >= 0.6 is 0 Å². The van der Waals surface area contributed by atoms with Gasteiger partial charge in [-0.2, -0.15) is 13.2 Å². The Labute approximate surface area is 198 Å². The van der Waals surface area contributed by atoms with Gasteiger partial charge in [0.2, 0.25) is 0 Å². The van der Waals surface area contributed by atoms with E-state index in [-0.39, 0.29) is 17.1 Å². The molecule has 35 heavy (non-hydrogen) atoms. The molecular formula is C24H23F3N4O4. The van der Waals surface area contributed by atoms with Gasteiger partial charge in [-0.1, -0.05) is 17.3 Å². The number of aromatic nitrogens is 2. The van der Waals surface area contributed by atoms with Gasteiger partial charge in [-0.15, -0.1) is 5.10 Å². The van der Waals surface area contributed by atoms with Gasteiger partial charge in [-0.25, -0.2) is 4.79 Å². The fourth-order valence-corrected chi connectivity index (χ4v) is 4.40. The van der Waals surface area contributed by atoms with Crippen molar-refractivity contribution >= 4 is 17.6 Å². The number of nitrogens with zero attached hydrogens (tertiary/aromatic N) is 3. The van der Waals surface area contributed by atoms with E-state index in [1.54, 1.807) is 6.07 Å². The van der Waals surface area contributed by atoms with Crippen LogP contribution in [0.1, 0.15) is 40.9 Å². The van der Waals surface area contributed by atoms with Crippen LogP contribution in [0.4, 0.5) is 18.9 Å². The van der Waals surface area contributed by atoms with Crippen molar-refractivity contribution in [2.24, 2.45) is 0 Å². The summed E-state index contributed by atoms with van der Waals surface area (Å²) in [6.07, 6.45) is 1.68. The molecule has 1 aromatic carbocycles. The normalized spacial score (nSPS) is 16.8. The monoisotopic (exact) mass is 488 g/mol. The van der Waals surface area contributed by atoms with Gasteiger partial charge in [0.05, 0.1) is 6.26 Å². The van der Waals surface area contributed by atoms with Gasteiger partial charge in [0, 0.05) is 30.9 Å². The number of benzene rings is 1. The van der Waals surface area contributed by atoms with Crippen LogP contribution < -0.4 is 10.2 Å². The van der Waals surface area contributed by atoms with Crippen molar-refractivity contribution in [3.8, 4) is 11.5 Å². The van der Waals surface area contributed by atoms with Gasteiger partial charge >= 0.3 is 12.1 Å². The van der Waals surface area contributed by atoms with E-state index in [0.29, 0.717) is 16.6 Å². The average Bonchev–Trinajstić information content (AvgIpc) is 3.40. The van der Waals surface area contributed by atoms with E-state index < -0.39 is 18.1 Å². The van der Waals surface area contributed by atoms with E-state index in [9.17, 15) is 22.8 Å². The lowest BCUT2D eigenvalue weighted by molar-refractivity contribution is -0.201. The molecule has 184 valence electrons. The maximum atomic E-state index is 12.9. The smallest absolute Gasteiger partial charge is 0.463 e. The van der Waals surface area contributed by atoms with Crippen LogP contribution in [-0.4, -0.2) is 52.0 Å². The second kappa shape index (κ2) is 9.21. The van der Waals surface area contributed by atoms with Crippen molar-refractivity contribution < 1.29 is 32.0 Å². The number of rotatable bonds is 5. The molecule has 0 spiro atoms. The molecule has 1 aliphatic carbocycles. The highest BCUT2D eigenvalue weighted by molar-refractivity contribution is 6.03. The summed E-state index contributed by atoms with van der Waals surface area (Å²) in [7, 11) is 0. The van der Waals surface area contributed by atoms with E-state index in [2.05, 4.69) is 20.2 Å². The molecule has 1 saturated carbocycles. The molecule has 11 heteroatoms.